The predicted octanol–water partition coefficient (Wildman–Crippen LogP) is 6.41. The summed E-state index contributed by atoms with van der Waals surface area (Å²) in [4.78, 5) is 13.4. The van der Waals surface area contributed by atoms with E-state index in [1.54, 1.807) is 18.2 Å². The number of carboxylic acid groups (broad SMARTS) is 1. The van der Waals surface area contributed by atoms with Crippen LogP contribution in [-0.4, -0.2) is 61.6 Å². The molecule has 0 bridgehead atoms. The highest BCUT2D eigenvalue weighted by atomic mass is 19.1. The third kappa shape index (κ3) is 7.01. The quantitative estimate of drug-likeness (QED) is 0.268. The van der Waals surface area contributed by atoms with Gasteiger partial charge in [-0.3, -0.25) is 4.90 Å². The molecule has 3 aromatic rings. The van der Waals surface area contributed by atoms with E-state index in [0.717, 1.165) is 16.7 Å². The molecule has 9 heteroatoms. The highest BCUT2D eigenvalue weighted by molar-refractivity contribution is 5.89. The first-order chi connectivity index (χ1) is 19.2. The molecule has 40 heavy (non-hydrogen) atoms. The fourth-order valence-corrected chi connectivity index (χ4v) is 4.95. The summed E-state index contributed by atoms with van der Waals surface area (Å²) in [6.45, 7) is 6.61. The molecule has 2 N–H and O–H groups in total. The number of ether oxygens (including phenoxy) is 3. The number of alkyl halides is 1. The van der Waals surface area contributed by atoms with Crippen molar-refractivity contribution in [2.75, 3.05) is 45.3 Å². The van der Waals surface area contributed by atoms with Crippen LogP contribution in [0.3, 0.4) is 0 Å². The number of carbonyl (C=O) groups is 1. The topological polar surface area (TPSA) is 80.3 Å². The Labute approximate surface area is 233 Å². The zero-order chi connectivity index (χ0) is 28.7. The monoisotopic (exact) mass is 554 g/mol. The molecule has 3 aromatic carbocycles. The Morgan fingerprint density at radius 1 is 0.975 bits per heavy atom. The molecule has 1 heterocycles. The fourth-order valence-electron chi connectivity index (χ4n) is 4.95. The summed E-state index contributed by atoms with van der Waals surface area (Å²) in [5.41, 5.74) is 1.84. The number of hydrogen-bond acceptors (Lipinski definition) is 6. The van der Waals surface area contributed by atoms with E-state index in [2.05, 4.69) is 10.2 Å². The third-order valence-corrected chi connectivity index (χ3v) is 7.06. The second-order valence-electron chi connectivity index (χ2n) is 9.84. The highest BCUT2D eigenvalue weighted by Crippen LogP contribution is 2.41. The molecule has 4 rings (SSSR count). The van der Waals surface area contributed by atoms with Crippen molar-refractivity contribution in [3.63, 3.8) is 0 Å². The largest absolute Gasteiger partial charge is 0.495 e. The third-order valence-electron chi connectivity index (χ3n) is 7.06. The molecule has 1 aliphatic rings. The van der Waals surface area contributed by atoms with Crippen LogP contribution in [0.2, 0.25) is 0 Å². The Hall–Kier alpha value is -3.85. The Bertz CT molecular complexity index is 1280. The molecular weight excluding hydrogens is 518 g/mol. The molecule has 0 atom stereocenters. The van der Waals surface area contributed by atoms with Crippen molar-refractivity contribution < 1.29 is 32.9 Å². The van der Waals surface area contributed by atoms with Crippen LogP contribution >= 0.6 is 0 Å². The van der Waals surface area contributed by atoms with E-state index in [0.29, 0.717) is 68.6 Å². The summed E-state index contributed by atoms with van der Waals surface area (Å²) < 4.78 is 46.5. The van der Waals surface area contributed by atoms with E-state index >= 15 is 4.39 Å². The van der Waals surface area contributed by atoms with Crippen LogP contribution < -0.4 is 19.5 Å². The molecule has 7 nitrogen and oxygen atoms in total. The number of piperidine rings is 1. The van der Waals surface area contributed by atoms with Gasteiger partial charge in [0.2, 0.25) is 0 Å². The van der Waals surface area contributed by atoms with Gasteiger partial charge >= 0.3 is 5.97 Å². The van der Waals surface area contributed by atoms with Crippen LogP contribution in [0.1, 0.15) is 42.6 Å². The van der Waals surface area contributed by atoms with Crippen molar-refractivity contribution in [3.05, 3.63) is 71.5 Å². The number of anilines is 1. The Morgan fingerprint density at radius 2 is 1.60 bits per heavy atom. The molecule has 214 valence electrons. The number of carboxylic acids is 1. The Kier molecular flexibility index (Phi) is 9.47. The minimum atomic E-state index is -1.41. The van der Waals surface area contributed by atoms with Gasteiger partial charge in [-0.05, 0) is 80.3 Å². The Morgan fingerprint density at radius 3 is 2.15 bits per heavy atom. The lowest BCUT2D eigenvalue weighted by Gasteiger charge is -2.37. The average molecular weight is 555 g/mol. The molecule has 1 aliphatic heterocycles. The van der Waals surface area contributed by atoms with Crippen molar-refractivity contribution in [2.24, 2.45) is 0 Å². The van der Waals surface area contributed by atoms with Crippen LogP contribution in [0.15, 0.2) is 54.6 Å². The number of benzene rings is 3. The van der Waals surface area contributed by atoms with Gasteiger partial charge in [0.25, 0.3) is 0 Å². The SMILES string of the molecule is CCOc1cc(CN2CCC(F)(CNc3ccc(C(=O)O)cc3OC)CC2)cc(OCC)c1-c1ccc(F)cc1. The van der Waals surface area contributed by atoms with Gasteiger partial charge in [0.15, 0.2) is 0 Å². The van der Waals surface area contributed by atoms with Crippen LogP contribution in [0.25, 0.3) is 11.1 Å². The number of nitrogens with zero attached hydrogens (tertiary/aromatic N) is 1. The van der Waals surface area contributed by atoms with E-state index in [1.165, 1.54) is 31.4 Å². The molecule has 0 radical (unpaired) electrons. The molecule has 0 saturated carbocycles. The maximum atomic E-state index is 15.7. The number of hydrogen-bond donors (Lipinski definition) is 2. The summed E-state index contributed by atoms with van der Waals surface area (Å²) in [6, 6.07) is 14.7. The smallest absolute Gasteiger partial charge is 0.335 e. The van der Waals surface area contributed by atoms with Crippen molar-refractivity contribution >= 4 is 11.7 Å². The summed E-state index contributed by atoms with van der Waals surface area (Å²) >= 11 is 0. The van der Waals surface area contributed by atoms with E-state index in [1.807, 2.05) is 26.0 Å². The average Bonchev–Trinajstić information content (AvgIpc) is 2.94. The number of nitrogens with one attached hydrogen (secondary N) is 1. The summed E-state index contributed by atoms with van der Waals surface area (Å²) in [5.74, 6) is 0.333. The van der Waals surface area contributed by atoms with E-state index in [4.69, 9.17) is 14.2 Å². The zero-order valence-electron chi connectivity index (χ0n) is 23.1. The molecule has 0 spiro atoms. The van der Waals surface area contributed by atoms with E-state index in [9.17, 15) is 14.3 Å². The fraction of sp³-hybridized carbons (Fsp3) is 0.387. The molecule has 0 aliphatic carbocycles. The maximum absolute atomic E-state index is 15.7. The van der Waals surface area contributed by atoms with E-state index < -0.39 is 11.6 Å². The number of likely N-dealkylation sites (tertiary alicyclic amines) is 1. The number of methoxy groups -OCH3 is 1. The normalized spacial score (nSPS) is 14.9. The number of aromatic carboxylic acids is 1. The first-order valence-electron chi connectivity index (χ1n) is 13.5. The van der Waals surface area contributed by atoms with Crippen molar-refractivity contribution in [3.8, 4) is 28.4 Å². The number of halogens is 2. The van der Waals surface area contributed by atoms with Crippen LogP contribution in [-0.2, 0) is 6.54 Å². The number of rotatable bonds is 12. The molecular formula is C31H36F2N2O5. The molecule has 0 aromatic heterocycles. The van der Waals surface area contributed by atoms with Gasteiger partial charge < -0.3 is 24.6 Å². The summed E-state index contributed by atoms with van der Waals surface area (Å²) in [7, 11) is 1.45. The van der Waals surface area contributed by atoms with E-state index in [-0.39, 0.29) is 17.9 Å². The minimum Gasteiger partial charge on any atom is -0.495 e. The highest BCUT2D eigenvalue weighted by Gasteiger charge is 2.34. The maximum Gasteiger partial charge on any atom is 0.335 e. The van der Waals surface area contributed by atoms with Crippen LogP contribution in [0.5, 0.6) is 17.2 Å². The van der Waals surface area contributed by atoms with Gasteiger partial charge in [0.1, 0.15) is 28.7 Å². The lowest BCUT2D eigenvalue weighted by Crippen LogP contribution is -2.45. The first kappa shape index (κ1) is 29.1. The van der Waals surface area contributed by atoms with Crippen molar-refractivity contribution in [2.45, 2.75) is 38.9 Å². The molecule has 0 unspecified atom stereocenters. The lowest BCUT2D eigenvalue weighted by molar-refractivity contribution is 0.0652. The van der Waals surface area contributed by atoms with Gasteiger partial charge in [-0.25, -0.2) is 13.6 Å². The molecule has 1 saturated heterocycles. The molecule has 0 amide bonds. The summed E-state index contributed by atoms with van der Waals surface area (Å²) in [6.07, 6.45) is 0.694. The minimum absolute atomic E-state index is 0.0962. The van der Waals surface area contributed by atoms with Gasteiger partial charge in [0, 0.05) is 26.2 Å². The standard InChI is InChI=1S/C31H36F2N2O5/c1-4-39-27-16-21(17-28(40-5-2)29(27)22-6-9-24(32)10-7-22)19-35-14-12-31(33,13-15-35)20-34-25-11-8-23(30(36)37)18-26(25)38-3/h6-11,16-18,34H,4-5,12-15,19-20H2,1-3H3,(H,36,37). The van der Waals surface area contributed by atoms with Crippen molar-refractivity contribution in [1.82, 2.24) is 4.90 Å². The van der Waals surface area contributed by atoms with Gasteiger partial charge in [-0.15, -0.1) is 0 Å². The second-order valence-corrected chi connectivity index (χ2v) is 9.84. The van der Waals surface area contributed by atoms with Crippen molar-refractivity contribution in [1.29, 1.82) is 0 Å². The zero-order valence-corrected chi connectivity index (χ0v) is 23.1. The van der Waals surface area contributed by atoms with Crippen LogP contribution in [0.4, 0.5) is 14.5 Å². The second kappa shape index (κ2) is 13.0. The molecule has 1 fully saturated rings. The predicted molar refractivity (Wildman–Crippen MR) is 151 cm³/mol. The van der Waals surface area contributed by atoms with Crippen LogP contribution in [0, 0.1) is 5.82 Å². The van der Waals surface area contributed by atoms with Gasteiger partial charge in [-0.2, -0.15) is 0 Å². The summed E-state index contributed by atoms with van der Waals surface area (Å²) in [5, 5.41) is 12.3. The van der Waals surface area contributed by atoms with Gasteiger partial charge in [0.05, 0.1) is 37.1 Å². The first-order valence-corrected chi connectivity index (χ1v) is 13.5. The Balaban J connectivity index is 1.44. The van der Waals surface area contributed by atoms with Gasteiger partial charge in [-0.1, -0.05) is 12.1 Å². The lowest BCUT2D eigenvalue weighted by atomic mass is 9.92.